The second-order valence-electron chi connectivity index (χ2n) is 0.394. The Morgan fingerprint density at radius 2 is 2.00 bits per heavy atom. The van der Waals surface area contributed by atoms with Gasteiger partial charge in [0, 0.05) is 4.70 Å². The molecule has 0 aromatic carbocycles. The Morgan fingerprint density at radius 3 is 2.00 bits per heavy atom. The fraction of sp³-hybridized carbons (Fsp3) is 0.500. The van der Waals surface area contributed by atoms with E-state index < -0.39 is 0 Å². The SMILES string of the molecule is CNN.S=CS. The van der Waals surface area contributed by atoms with Gasteiger partial charge in [-0.25, -0.2) is 0 Å². The largest absolute Gasteiger partial charge is 0.272 e. The van der Waals surface area contributed by atoms with Gasteiger partial charge in [-0.15, -0.1) is 12.6 Å². The van der Waals surface area contributed by atoms with E-state index in [1.165, 1.54) is 4.70 Å². The summed E-state index contributed by atoms with van der Waals surface area (Å²) >= 11 is 7.61. The Morgan fingerprint density at radius 1 is 2.00 bits per heavy atom. The summed E-state index contributed by atoms with van der Waals surface area (Å²) in [5, 5.41) is 0. The van der Waals surface area contributed by atoms with Gasteiger partial charge in [-0.1, -0.05) is 12.2 Å². The van der Waals surface area contributed by atoms with Gasteiger partial charge in [-0.05, 0) is 7.05 Å². The van der Waals surface area contributed by atoms with Crippen molar-refractivity contribution in [2.45, 2.75) is 0 Å². The topological polar surface area (TPSA) is 38.0 Å². The van der Waals surface area contributed by atoms with Gasteiger partial charge in [-0.2, -0.15) is 0 Å². The quantitative estimate of drug-likeness (QED) is 0.183. The highest BCUT2D eigenvalue weighted by Crippen LogP contribution is 1.50. The second kappa shape index (κ2) is 18.3. The maximum atomic E-state index is 4.60. The number of rotatable bonds is 0. The van der Waals surface area contributed by atoms with Crippen molar-refractivity contribution >= 4 is 29.5 Å². The van der Waals surface area contributed by atoms with Crippen molar-refractivity contribution in [1.29, 1.82) is 0 Å². The normalized spacial score (nSPS) is 5.17. The van der Waals surface area contributed by atoms with Gasteiger partial charge >= 0.3 is 0 Å². The van der Waals surface area contributed by atoms with Gasteiger partial charge in [0.05, 0.1) is 0 Å². The molecule has 0 aliphatic heterocycles. The maximum absolute atomic E-state index is 4.60. The Labute approximate surface area is 48.5 Å². The Bertz CT molecular complexity index is 23.5. The zero-order valence-corrected chi connectivity index (χ0v) is 5.22. The van der Waals surface area contributed by atoms with Crippen LogP contribution in [0.15, 0.2) is 0 Å². The van der Waals surface area contributed by atoms with Crippen LogP contribution in [-0.2, 0) is 0 Å². The third-order valence-electron chi connectivity index (χ3n) is 0. The molecule has 38 valence electrons. The number of hydrogen-bond acceptors (Lipinski definition) is 3. The Hall–Kier alpha value is 0.360. The zero-order valence-electron chi connectivity index (χ0n) is 3.51. The number of hydrazine groups is 1. The monoisotopic (exact) mass is 124 g/mol. The van der Waals surface area contributed by atoms with Crippen LogP contribution >= 0.6 is 24.8 Å². The first-order valence-corrected chi connectivity index (χ1v) is 2.27. The highest BCUT2D eigenvalue weighted by atomic mass is 32.1. The molecule has 0 aromatic heterocycles. The lowest BCUT2D eigenvalue weighted by Crippen LogP contribution is -2.13. The number of nitrogens with one attached hydrogen (secondary N) is 1. The molecule has 0 radical (unpaired) electrons. The molecule has 0 spiro atoms. The van der Waals surface area contributed by atoms with Crippen molar-refractivity contribution in [3.63, 3.8) is 0 Å². The van der Waals surface area contributed by atoms with Crippen LogP contribution < -0.4 is 11.3 Å². The Balaban J connectivity index is 0. The van der Waals surface area contributed by atoms with Crippen molar-refractivity contribution in [3.05, 3.63) is 0 Å². The summed E-state index contributed by atoms with van der Waals surface area (Å²) in [4.78, 5) is 0. The van der Waals surface area contributed by atoms with Crippen molar-refractivity contribution in [1.82, 2.24) is 5.43 Å². The van der Waals surface area contributed by atoms with E-state index in [2.05, 4.69) is 36.1 Å². The molecule has 6 heavy (non-hydrogen) atoms. The maximum Gasteiger partial charge on any atom is 0.0310 e. The fourth-order valence-corrected chi connectivity index (χ4v) is 0. The molecule has 0 fully saturated rings. The van der Waals surface area contributed by atoms with Crippen LogP contribution in [0.1, 0.15) is 0 Å². The van der Waals surface area contributed by atoms with Crippen molar-refractivity contribution in [2.75, 3.05) is 7.05 Å². The van der Waals surface area contributed by atoms with E-state index in [1.807, 2.05) is 0 Å². The summed E-state index contributed by atoms with van der Waals surface area (Å²) in [6.07, 6.45) is 0. The van der Waals surface area contributed by atoms with Crippen LogP contribution in [0.4, 0.5) is 0 Å². The lowest BCUT2D eigenvalue weighted by molar-refractivity contribution is 0.900. The van der Waals surface area contributed by atoms with Crippen molar-refractivity contribution < 1.29 is 0 Å². The fourth-order valence-electron chi connectivity index (χ4n) is 0. The highest BCUT2D eigenvalue weighted by molar-refractivity contribution is 8.08. The molecule has 0 unspecified atom stereocenters. The number of hydrogen-bond donors (Lipinski definition) is 3. The molecule has 2 nitrogen and oxygen atoms in total. The molecule has 0 aliphatic carbocycles. The molecule has 0 atom stereocenters. The highest BCUT2D eigenvalue weighted by Gasteiger charge is 1.22. The molecule has 0 heterocycles. The molecule has 0 amide bonds. The first-order valence-electron chi connectivity index (χ1n) is 1.28. The second-order valence-corrected chi connectivity index (χ2v) is 1.24. The van der Waals surface area contributed by atoms with Crippen molar-refractivity contribution in [2.24, 2.45) is 5.84 Å². The van der Waals surface area contributed by atoms with Gasteiger partial charge in [0.1, 0.15) is 0 Å². The minimum atomic E-state index is 1.28. The number of thiocarbonyl (C=S) groups is 1. The van der Waals surface area contributed by atoms with Gasteiger partial charge < -0.3 is 0 Å². The van der Waals surface area contributed by atoms with Crippen LogP contribution in [-0.4, -0.2) is 11.7 Å². The average molecular weight is 124 g/mol. The summed E-state index contributed by atoms with van der Waals surface area (Å²) in [5.74, 6) is 4.60. The number of thiol groups is 1. The first kappa shape index (κ1) is 9.61. The lowest BCUT2D eigenvalue weighted by atomic mass is 11.5. The molecule has 0 rings (SSSR count). The van der Waals surface area contributed by atoms with Crippen LogP contribution in [0.2, 0.25) is 0 Å². The van der Waals surface area contributed by atoms with E-state index >= 15 is 0 Å². The van der Waals surface area contributed by atoms with Crippen LogP contribution in [0.3, 0.4) is 0 Å². The number of nitrogens with two attached hydrogens (primary N) is 1. The summed E-state index contributed by atoms with van der Waals surface area (Å²) in [7, 11) is 1.65. The Kier molecular flexibility index (Phi) is 29.3. The molecule has 4 heteroatoms. The van der Waals surface area contributed by atoms with Crippen LogP contribution in [0.25, 0.3) is 0 Å². The van der Waals surface area contributed by atoms with Crippen LogP contribution in [0, 0.1) is 0 Å². The standard InChI is InChI=1S/CH6N2.CH2S2/c1-3-2;2-1-3/h3H,2H2,1H3;1H,(H,2,3). The molecule has 3 N–H and O–H groups in total. The molecule has 0 aliphatic rings. The van der Waals surface area contributed by atoms with E-state index in [-0.39, 0.29) is 0 Å². The average Bonchev–Trinajstić information content (AvgIpc) is 1.39. The predicted octanol–water partition coefficient (Wildman–Crippen LogP) is -0.0471. The van der Waals surface area contributed by atoms with E-state index in [9.17, 15) is 0 Å². The molecular formula is C2H8N2S2. The molecule has 0 aromatic rings. The predicted molar refractivity (Wildman–Crippen MR) is 35.9 cm³/mol. The minimum Gasteiger partial charge on any atom is -0.272 e. The van der Waals surface area contributed by atoms with E-state index in [0.29, 0.717) is 0 Å². The molecule has 0 bridgehead atoms. The van der Waals surface area contributed by atoms with Crippen molar-refractivity contribution in [3.8, 4) is 0 Å². The van der Waals surface area contributed by atoms with Gasteiger partial charge in [-0.3, -0.25) is 11.3 Å². The van der Waals surface area contributed by atoms with E-state index in [1.54, 1.807) is 7.05 Å². The van der Waals surface area contributed by atoms with E-state index in [4.69, 9.17) is 0 Å². The van der Waals surface area contributed by atoms with Gasteiger partial charge in [0.2, 0.25) is 0 Å². The lowest BCUT2D eigenvalue weighted by Gasteiger charge is -1.62. The van der Waals surface area contributed by atoms with Crippen LogP contribution in [0.5, 0.6) is 0 Å². The molecular weight excluding hydrogens is 116 g/mol. The molecule has 0 saturated heterocycles. The summed E-state index contributed by atoms with van der Waals surface area (Å²) in [6.45, 7) is 0. The third kappa shape index (κ3) is 380. The van der Waals surface area contributed by atoms with Gasteiger partial charge in [0.15, 0.2) is 0 Å². The third-order valence-corrected chi connectivity index (χ3v) is 0. The molecule has 0 saturated carbocycles. The van der Waals surface area contributed by atoms with Gasteiger partial charge in [0.25, 0.3) is 0 Å². The zero-order chi connectivity index (χ0) is 5.41. The van der Waals surface area contributed by atoms with E-state index in [0.717, 1.165) is 0 Å². The summed E-state index contributed by atoms with van der Waals surface area (Å²) in [6, 6.07) is 0. The minimum absolute atomic E-state index is 1.28. The smallest absolute Gasteiger partial charge is 0.0310 e. The summed E-state index contributed by atoms with van der Waals surface area (Å²) in [5.41, 5.74) is 2.25. The summed E-state index contributed by atoms with van der Waals surface area (Å²) < 4.78 is 1.28. The first-order chi connectivity index (χ1) is 2.83.